The summed E-state index contributed by atoms with van der Waals surface area (Å²) in [7, 11) is 0. The fourth-order valence-electron chi connectivity index (χ4n) is 1.22. The van der Waals surface area contributed by atoms with Gasteiger partial charge in [0.2, 0.25) is 5.71 Å². The van der Waals surface area contributed by atoms with Gasteiger partial charge in [0.25, 0.3) is 0 Å². The van der Waals surface area contributed by atoms with Crippen molar-refractivity contribution in [3.05, 3.63) is 23.2 Å². The molecule has 0 amide bonds. The SMILES string of the molecule is CCNc1ccc(Cl)cc1N/N=C(\C#N)C(=N)N. The molecule has 0 atom stereocenters. The average Bonchev–Trinajstić information content (AvgIpc) is 2.33. The van der Waals surface area contributed by atoms with Crippen molar-refractivity contribution in [1.29, 1.82) is 10.7 Å². The van der Waals surface area contributed by atoms with E-state index < -0.39 is 5.84 Å². The number of nitrogens with one attached hydrogen (secondary N) is 3. The molecule has 94 valence electrons. The van der Waals surface area contributed by atoms with Gasteiger partial charge in [0, 0.05) is 11.6 Å². The first kappa shape index (κ1) is 13.8. The smallest absolute Gasteiger partial charge is 0.201 e. The zero-order chi connectivity index (χ0) is 13.5. The summed E-state index contributed by atoms with van der Waals surface area (Å²) in [5.41, 5.74) is 9.08. The number of hydrogen-bond acceptors (Lipinski definition) is 5. The van der Waals surface area contributed by atoms with Crippen LogP contribution in [0.1, 0.15) is 6.92 Å². The van der Waals surface area contributed by atoms with Gasteiger partial charge in [0.15, 0.2) is 5.84 Å². The van der Waals surface area contributed by atoms with E-state index in [0.29, 0.717) is 10.7 Å². The Bertz CT molecular complexity index is 517. The molecule has 0 radical (unpaired) electrons. The van der Waals surface area contributed by atoms with Crippen LogP contribution < -0.4 is 16.5 Å². The van der Waals surface area contributed by atoms with Crippen molar-refractivity contribution < 1.29 is 0 Å². The molecular weight excluding hydrogens is 252 g/mol. The van der Waals surface area contributed by atoms with Gasteiger partial charge in [-0.25, -0.2) is 0 Å². The minimum atomic E-state index is -0.392. The Kier molecular flexibility index (Phi) is 4.96. The highest BCUT2D eigenvalue weighted by Crippen LogP contribution is 2.25. The monoisotopic (exact) mass is 264 g/mol. The molecule has 0 aliphatic carbocycles. The molecule has 0 fully saturated rings. The Hall–Kier alpha value is -2.26. The molecule has 0 saturated carbocycles. The molecule has 0 unspecified atom stereocenters. The second-order valence-corrected chi connectivity index (χ2v) is 3.75. The maximum absolute atomic E-state index is 8.72. The molecule has 6 nitrogen and oxygen atoms in total. The zero-order valence-corrected chi connectivity index (χ0v) is 10.5. The van der Waals surface area contributed by atoms with E-state index in [1.54, 1.807) is 24.3 Å². The van der Waals surface area contributed by atoms with Gasteiger partial charge in [0.1, 0.15) is 6.07 Å². The number of nitrogens with zero attached hydrogens (tertiary/aromatic N) is 2. The van der Waals surface area contributed by atoms with Crippen LogP contribution in [0.5, 0.6) is 0 Å². The van der Waals surface area contributed by atoms with Gasteiger partial charge < -0.3 is 11.1 Å². The van der Waals surface area contributed by atoms with Crippen LogP contribution in [-0.2, 0) is 0 Å². The lowest BCUT2D eigenvalue weighted by Crippen LogP contribution is -2.22. The van der Waals surface area contributed by atoms with Crippen molar-refractivity contribution in [1.82, 2.24) is 0 Å². The number of nitrogens with two attached hydrogens (primary N) is 1. The maximum Gasteiger partial charge on any atom is 0.201 e. The van der Waals surface area contributed by atoms with Crippen molar-refractivity contribution in [3.63, 3.8) is 0 Å². The predicted octanol–water partition coefficient (Wildman–Crippen LogP) is 2.00. The molecule has 1 aromatic rings. The third-order valence-corrected chi connectivity index (χ3v) is 2.23. The maximum atomic E-state index is 8.72. The number of hydrazone groups is 1. The molecule has 0 aliphatic rings. The molecule has 0 saturated heterocycles. The first-order valence-corrected chi connectivity index (χ1v) is 5.58. The summed E-state index contributed by atoms with van der Waals surface area (Å²) in [4.78, 5) is 0. The van der Waals surface area contributed by atoms with E-state index >= 15 is 0 Å². The fourth-order valence-corrected chi connectivity index (χ4v) is 1.39. The van der Waals surface area contributed by atoms with Gasteiger partial charge in [-0.05, 0) is 25.1 Å². The number of rotatable bonds is 5. The van der Waals surface area contributed by atoms with Crippen LogP contribution in [0, 0.1) is 16.7 Å². The quantitative estimate of drug-likeness (QED) is 0.370. The summed E-state index contributed by atoms with van der Waals surface area (Å²) in [6.07, 6.45) is 0. The molecular formula is C11H13ClN6. The molecule has 0 bridgehead atoms. The molecule has 18 heavy (non-hydrogen) atoms. The van der Waals surface area contributed by atoms with Crippen LogP contribution in [-0.4, -0.2) is 18.1 Å². The third kappa shape index (κ3) is 3.64. The number of benzene rings is 1. The minimum absolute atomic E-state index is 0.183. The summed E-state index contributed by atoms with van der Waals surface area (Å²) in [5, 5.41) is 23.3. The summed E-state index contributed by atoms with van der Waals surface area (Å²) < 4.78 is 0. The number of nitriles is 1. The Morgan fingerprint density at radius 2 is 2.28 bits per heavy atom. The lowest BCUT2D eigenvalue weighted by Gasteiger charge is -2.10. The largest absolute Gasteiger partial charge is 0.384 e. The van der Waals surface area contributed by atoms with Crippen molar-refractivity contribution in [2.24, 2.45) is 10.8 Å². The molecule has 0 aromatic heterocycles. The van der Waals surface area contributed by atoms with Gasteiger partial charge in [-0.1, -0.05) is 11.6 Å². The van der Waals surface area contributed by atoms with Crippen LogP contribution in [0.25, 0.3) is 0 Å². The van der Waals surface area contributed by atoms with Crippen LogP contribution in [0.2, 0.25) is 5.02 Å². The van der Waals surface area contributed by atoms with E-state index in [0.717, 1.165) is 12.2 Å². The van der Waals surface area contributed by atoms with Gasteiger partial charge in [-0.15, -0.1) is 0 Å². The summed E-state index contributed by atoms with van der Waals surface area (Å²) >= 11 is 5.88. The summed E-state index contributed by atoms with van der Waals surface area (Å²) in [6, 6.07) is 6.92. The fraction of sp³-hybridized carbons (Fsp3) is 0.182. The highest BCUT2D eigenvalue weighted by atomic mass is 35.5. The lowest BCUT2D eigenvalue weighted by molar-refractivity contribution is 1.20. The van der Waals surface area contributed by atoms with Crippen LogP contribution in [0.4, 0.5) is 11.4 Å². The van der Waals surface area contributed by atoms with Crippen LogP contribution in [0.15, 0.2) is 23.3 Å². The molecule has 0 aliphatic heterocycles. The van der Waals surface area contributed by atoms with Gasteiger partial charge in [-0.2, -0.15) is 10.4 Å². The number of hydrogen-bond donors (Lipinski definition) is 4. The number of amidine groups is 1. The van der Waals surface area contributed by atoms with E-state index in [-0.39, 0.29) is 5.71 Å². The minimum Gasteiger partial charge on any atom is -0.384 e. The van der Waals surface area contributed by atoms with E-state index in [4.69, 9.17) is 28.0 Å². The second kappa shape index (κ2) is 6.47. The number of anilines is 2. The van der Waals surface area contributed by atoms with E-state index in [2.05, 4.69) is 15.8 Å². The van der Waals surface area contributed by atoms with Gasteiger partial charge in [0.05, 0.1) is 11.4 Å². The highest BCUT2D eigenvalue weighted by molar-refractivity contribution is 6.45. The van der Waals surface area contributed by atoms with Crippen molar-refractivity contribution >= 4 is 34.5 Å². The Morgan fingerprint density at radius 1 is 1.56 bits per heavy atom. The van der Waals surface area contributed by atoms with Crippen molar-refractivity contribution in [2.75, 3.05) is 17.3 Å². The molecule has 0 spiro atoms. The second-order valence-electron chi connectivity index (χ2n) is 3.32. The summed E-state index contributed by atoms with van der Waals surface area (Å²) in [6.45, 7) is 2.69. The molecule has 1 rings (SSSR count). The Balaban J connectivity index is 2.99. The molecule has 5 N–H and O–H groups in total. The molecule has 0 heterocycles. The third-order valence-electron chi connectivity index (χ3n) is 2.00. The van der Waals surface area contributed by atoms with Crippen molar-refractivity contribution in [2.45, 2.75) is 6.92 Å². The first-order chi connectivity index (χ1) is 8.58. The first-order valence-electron chi connectivity index (χ1n) is 5.20. The lowest BCUT2D eigenvalue weighted by atomic mass is 10.2. The van der Waals surface area contributed by atoms with Crippen molar-refractivity contribution in [3.8, 4) is 6.07 Å². The van der Waals surface area contributed by atoms with Gasteiger partial charge >= 0.3 is 0 Å². The zero-order valence-electron chi connectivity index (χ0n) is 9.79. The Labute approximate surface area is 110 Å². The summed E-state index contributed by atoms with van der Waals surface area (Å²) in [5.74, 6) is -0.392. The van der Waals surface area contributed by atoms with Crippen LogP contribution >= 0.6 is 11.6 Å². The van der Waals surface area contributed by atoms with E-state index in [1.165, 1.54) is 0 Å². The predicted molar refractivity (Wildman–Crippen MR) is 74.2 cm³/mol. The van der Waals surface area contributed by atoms with E-state index in [1.807, 2.05) is 6.92 Å². The highest BCUT2D eigenvalue weighted by Gasteiger charge is 2.04. The van der Waals surface area contributed by atoms with E-state index in [9.17, 15) is 0 Å². The number of halogens is 1. The molecule has 7 heteroatoms. The average molecular weight is 265 g/mol. The normalized spacial score (nSPS) is 10.6. The standard InChI is InChI=1S/C11H13ClN6/c1-2-16-8-4-3-7(12)5-9(8)17-18-10(6-13)11(14)15/h3-5,16-17H,2H2,1H3,(H3,14,15)/b18-10+. The van der Waals surface area contributed by atoms with Crippen LogP contribution in [0.3, 0.4) is 0 Å². The van der Waals surface area contributed by atoms with Gasteiger partial charge in [-0.3, -0.25) is 10.8 Å². The topological polar surface area (TPSA) is 110 Å². The Morgan fingerprint density at radius 3 is 2.83 bits per heavy atom. The molecule has 1 aromatic carbocycles.